The number of methoxy groups -OCH3 is 1. The summed E-state index contributed by atoms with van der Waals surface area (Å²) in [6.45, 7) is 4.16. The highest BCUT2D eigenvalue weighted by Crippen LogP contribution is 2.23. The number of rotatable bonds is 3. The average molecular weight is 227 g/mol. The molecule has 0 fully saturated rings. The van der Waals surface area contributed by atoms with Crippen LogP contribution in [-0.2, 0) is 6.42 Å². The second-order valence-corrected chi connectivity index (χ2v) is 4.07. The Kier molecular flexibility index (Phi) is 3.43. The van der Waals surface area contributed by atoms with Crippen LogP contribution in [0.5, 0.6) is 5.75 Å². The van der Waals surface area contributed by atoms with E-state index in [1.165, 1.54) is 11.1 Å². The number of aromatic nitrogens is 1. The minimum Gasteiger partial charge on any atom is -0.497 e. The molecule has 0 atom stereocenters. The van der Waals surface area contributed by atoms with Gasteiger partial charge in [0.25, 0.3) is 0 Å². The van der Waals surface area contributed by atoms with Crippen LogP contribution in [0.15, 0.2) is 36.4 Å². The Labute approximate surface area is 102 Å². The highest BCUT2D eigenvalue weighted by molar-refractivity contribution is 5.64. The van der Waals surface area contributed by atoms with E-state index in [0.717, 1.165) is 23.6 Å². The molecule has 17 heavy (non-hydrogen) atoms. The van der Waals surface area contributed by atoms with Gasteiger partial charge in [-0.1, -0.05) is 19.1 Å². The number of hydrogen-bond acceptors (Lipinski definition) is 2. The summed E-state index contributed by atoms with van der Waals surface area (Å²) in [4.78, 5) is 4.49. The third-order valence-corrected chi connectivity index (χ3v) is 2.79. The Bertz CT molecular complexity index is 503. The number of pyridine rings is 1. The lowest BCUT2D eigenvalue weighted by atomic mass is 10.0. The van der Waals surface area contributed by atoms with Crippen molar-refractivity contribution in [3.05, 3.63) is 47.8 Å². The molecule has 0 aliphatic heterocycles. The van der Waals surface area contributed by atoms with E-state index in [-0.39, 0.29) is 0 Å². The predicted molar refractivity (Wildman–Crippen MR) is 70.3 cm³/mol. The van der Waals surface area contributed by atoms with Crippen molar-refractivity contribution in [3.63, 3.8) is 0 Å². The normalized spacial score (nSPS) is 10.3. The van der Waals surface area contributed by atoms with E-state index in [2.05, 4.69) is 36.2 Å². The summed E-state index contributed by atoms with van der Waals surface area (Å²) < 4.78 is 5.16. The molecule has 2 nitrogen and oxygen atoms in total. The Hall–Kier alpha value is -1.83. The first-order chi connectivity index (χ1) is 8.22. The summed E-state index contributed by atoms with van der Waals surface area (Å²) in [7, 11) is 1.68. The molecule has 0 amide bonds. The molecular weight excluding hydrogens is 210 g/mol. The van der Waals surface area contributed by atoms with E-state index in [0.29, 0.717) is 0 Å². The van der Waals surface area contributed by atoms with Gasteiger partial charge >= 0.3 is 0 Å². The summed E-state index contributed by atoms with van der Waals surface area (Å²) in [5.74, 6) is 0.884. The fourth-order valence-corrected chi connectivity index (χ4v) is 1.87. The summed E-state index contributed by atoms with van der Waals surface area (Å²) in [6, 6.07) is 12.4. The van der Waals surface area contributed by atoms with Crippen molar-refractivity contribution in [1.82, 2.24) is 4.98 Å². The number of benzene rings is 1. The summed E-state index contributed by atoms with van der Waals surface area (Å²) in [6.07, 6.45) is 0.963. The van der Waals surface area contributed by atoms with Gasteiger partial charge in [-0.2, -0.15) is 0 Å². The smallest absolute Gasteiger partial charge is 0.118 e. The van der Waals surface area contributed by atoms with E-state index in [1.807, 2.05) is 19.1 Å². The van der Waals surface area contributed by atoms with Gasteiger partial charge < -0.3 is 4.74 Å². The molecule has 2 aromatic rings. The van der Waals surface area contributed by atoms with Crippen molar-refractivity contribution >= 4 is 0 Å². The van der Waals surface area contributed by atoms with Crippen LogP contribution in [-0.4, -0.2) is 12.1 Å². The topological polar surface area (TPSA) is 22.1 Å². The fourth-order valence-electron chi connectivity index (χ4n) is 1.87. The van der Waals surface area contributed by atoms with Crippen molar-refractivity contribution in [2.75, 3.05) is 7.11 Å². The standard InChI is InChI=1S/C15H17NO/c1-4-14-10-13(9-11(2)16-14)12-5-7-15(17-3)8-6-12/h5-10H,4H2,1-3H3. The third kappa shape index (κ3) is 2.64. The SMILES string of the molecule is CCc1cc(-c2ccc(OC)cc2)cc(C)n1. The molecule has 0 radical (unpaired) electrons. The van der Waals surface area contributed by atoms with Gasteiger partial charge in [-0.05, 0) is 48.7 Å². The molecule has 0 aliphatic rings. The first kappa shape index (κ1) is 11.6. The Morgan fingerprint density at radius 2 is 1.76 bits per heavy atom. The quantitative estimate of drug-likeness (QED) is 0.798. The van der Waals surface area contributed by atoms with E-state index >= 15 is 0 Å². The van der Waals surface area contributed by atoms with Crippen molar-refractivity contribution < 1.29 is 4.74 Å². The van der Waals surface area contributed by atoms with Gasteiger partial charge in [0, 0.05) is 11.4 Å². The van der Waals surface area contributed by atoms with Gasteiger partial charge in [-0.3, -0.25) is 4.98 Å². The lowest BCUT2D eigenvalue weighted by molar-refractivity contribution is 0.415. The van der Waals surface area contributed by atoms with E-state index in [1.54, 1.807) is 7.11 Å². The minimum absolute atomic E-state index is 0.884. The van der Waals surface area contributed by atoms with Gasteiger partial charge in [-0.15, -0.1) is 0 Å². The maximum Gasteiger partial charge on any atom is 0.118 e. The molecule has 0 saturated heterocycles. The van der Waals surface area contributed by atoms with Gasteiger partial charge in [0.2, 0.25) is 0 Å². The molecule has 1 aromatic heterocycles. The molecule has 0 bridgehead atoms. The number of aryl methyl sites for hydroxylation is 2. The van der Waals surface area contributed by atoms with Crippen LogP contribution in [0.2, 0.25) is 0 Å². The zero-order valence-corrected chi connectivity index (χ0v) is 10.5. The first-order valence-corrected chi connectivity index (χ1v) is 5.85. The number of ether oxygens (including phenoxy) is 1. The average Bonchev–Trinajstić information content (AvgIpc) is 2.38. The summed E-state index contributed by atoms with van der Waals surface area (Å²) >= 11 is 0. The van der Waals surface area contributed by atoms with Gasteiger partial charge in [0.15, 0.2) is 0 Å². The van der Waals surface area contributed by atoms with Crippen molar-refractivity contribution in [2.24, 2.45) is 0 Å². The highest BCUT2D eigenvalue weighted by atomic mass is 16.5. The van der Waals surface area contributed by atoms with Crippen molar-refractivity contribution in [2.45, 2.75) is 20.3 Å². The monoisotopic (exact) mass is 227 g/mol. The third-order valence-electron chi connectivity index (χ3n) is 2.79. The van der Waals surface area contributed by atoms with E-state index < -0.39 is 0 Å². The Balaban J connectivity index is 2.41. The first-order valence-electron chi connectivity index (χ1n) is 5.85. The van der Waals surface area contributed by atoms with Crippen LogP contribution >= 0.6 is 0 Å². The minimum atomic E-state index is 0.884. The maximum absolute atomic E-state index is 5.16. The molecule has 0 unspecified atom stereocenters. The van der Waals surface area contributed by atoms with Crippen LogP contribution in [0, 0.1) is 6.92 Å². The maximum atomic E-state index is 5.16. The van der Waals surface area contributed by atoms with E-state index in [9.17, 15) is 0 Å². The van der Waals surface area contributed by atoms with Gasteiger partial charge in [0.1, 0.15) is 5.75 Å². The van der Waals surface area contributed by atoms with Crippen LogP contribution in [0.25, 0.3) is 11.1 Å². The lowest BCUT2D eigenvalue weighted by Gasteiger charge is -2.07. The van der Waals surface area contributed by atoms with Crippen LogP contribution in [0.1, 0.15) is 18.3 Å². The molecule has 0 spiro atoms. The summed E-state index contributed by atoms with van der Waals surface area (Å²) in [5.41, 5.74) is 4.62. The lowest BCUT2D eigenvalue weighted by Crippen LogP contribution is -1.92. The summed E-state index contributed by atoms with van der Waals surface area (Å²) in [5, 5.41) is 0. The molecule has 2 rings (SSSR count). The fraction of sp³-hybridized carbons (Fsp3) is 0.267. The zero-order valence-electron chi connectivity index (χ0n) is 10.5. The molecule has 88 valence electrons. The highest BCUT2D eigenvalue weighted by Gasteiger charge is 2.02. The Morgan fingerprint density at radius 3 is 2.35 bits per heavy atom. The van der Waals surface area contributed by atoms with E-state index in [4.69, 9.17) is 4.74 Å². The van der Waals surface area contributed by atoms with Crippen LogP contribution in [0.3, 0.4) is 0 Å². The molecule has 1 aromatic carbocycles. The predicted octanol–water partition coefficient (Wildman–Crippen LogP) is 3.63. The molecule has 2 heteroatoms. The number of hydrogen-bond donors (Lipinski definition) is 0. The molecule has 0 N–H and O–H groups in total. The number of nitrogens with zero attached hydrogens (tertiary/aromatic N) is 1. The second-order valence-electron chi connectivity index (χ2n) is 4.07. The second kappa shape index (κ2) is 5.00. The van der Waals surface area contributed by atoms with Crippen LogP contribution < -0.4 is 4.74 Å². The van der Waals surface area contributed by atoms with Gasteiger partial charge in [-0.25, -0.2) is 0 Å². The van der Waals surface area contributed by atoms with Crippen LogP contribution in [0.4, 0.5) is 0 Å². The van der Waals surface area contributed by atoms with Gasteiger partial charge in [0.05, 0.1) is 7.11 Å². The molecular formula is C15H17NO. The van der Waals surface area contributed by atoms with Crippen molar-refractivity contribution in [3.8, 4) is 16.9 Å². The Morgan fingerprint density at radius 1 is 1.06 bits per heavy atom. The largest absolute Gasteiger partial charge is 0.497 e. The molecule has 0 aliphatic carbocycles. The van der Waals surface area contributed by atoms with Crippen molar-refractivity contribution in [1.29, 1.82) is 0 Å². The molecule has 1 heterocycles. The zero-order chi connectivity index (χ0) is 12.3. The molecule has 0 saturated carbocycles.